The van der Waals surface area contributed by atoms with E-state index < -0.39 is 0 Å². The van der Waals surface area contributed by atoms with Gasteiger partial charge < -0.3 is 10.2 Å². The molecular weight excluding hydrogens is 296 g/mol. The summed E-state index contributed by atoms with van der Waals surface area (Å²) in [6, 6.07) is 21.9. The van der Waals surface area contributed by atoms with Crippen LogP contribution in [0.4, 0.5) is 0 Å². The second-order valence-electron chi connectivity index (χ2n) is 5.12. The van der Waals surface area contributed by atoms with E-state index in [2.05, 4.69) is 23.7 Å². The summed E-state index contributed by atoms with van der Waals surface area (Å²) in [5.74, 6) is 11.7. The van der Waals surface area contributed by atoms with Crippen molar-refractivity contribution in [2.45, 2.75) is 0 Å². The van der Waals surface area contributed by atoms with E-state index in [0.29, 0.717) is 11.1 Å². The van der Waals surface area contributed by atoms with Crippen LogP contribution in [0.15, 0.2) is 72.8 Å². The lowest BCUT2D eigenvalue weighted by Crippen LogP contribution is -1.84. The second kappa shape index (κ2) is 7.09. The van der Waals surface area contributed by atoms with E-state index in [1.165, 1.54) is 6.07 Å². The summed E-state index contributed by atoms with van der Waals surface area (Å²) in [6.07, 6.45) is 0. The van der Waals surface area contributed by atoms with Crippen molar-refractivity contribution >= 4 is 0 Å². The Morgan fingerprint density at radius 1 is 0.500 bits per heavy atom. The number of phenolic OH excluding ortho intramolecular Hbond substituents is 2. The Morgan fingerprint density at radius 2 is 0.917 bits per heavy atom. The summed E-state index contributed by atoms with van der Waals surface area (Å²) in [6.45, 7) is 0. The summed E-state index contributed by atoms with van der Waals surface area (Å²) in [5.41, 5.74) is 2.55. The third-order valence-corrected chi connectivity index (χ3v) is 3.34. The molecule has 0 amide bonds. The Kier molecular flexibility index (Phi) is 4.52. The fourth-order valence-electron chi connectivity index (χ4n) is 2.10. The third-order valence-electron chi connectivity index (χ3n) is 3.34. The molecule has 0 unspecified atom stereocenters. The highest BCUT2D eigenvalue weighted by Crippen LogP contribution is 2.26. The standard InChI is InChI=1S/C22H14O2/c23-21-16-22(24)20(14-12-18-9-5-2-6-10-18)15-19(21)13-11-17-7-3-1-4-8-17/h1-10,15-16,23-24H. The molecule has 0 aliphatic rings. The Labute approximate surface area is 141 Å². The van der Waals surface area contributed by atoms with Crippen molar-refractivity contribution in [1.82, 2.24) is 0 Å². The minimum Gasteiger partial charge on any atom is -0.507 e. The molecule has 0 fully saturated rings. The first kappa shape index (κ1) is 15.3. The molecule has 0 heterocycles. The predicted molar refractivity (Wildman–Crippen MR) is 94.6 cm³/mol. The van der Waals surface area contributed by atoms with Crippen LogP contribution in [0.2, 0.25) is 0 Å². The monoisotopic (exact) mass is 310 g/mol. The smallest absolute Gasteiger partial charge is 0.134 e. The zero-order valence-corrected chi connectivity index (χ0v) is 12.8. The van der Waals surface area contributed by atoms with Gasteiger partial charge in [-0.25, -0.2) is 0 Å². The van der Waals surface area contributed by atoms with E-state index in [1.807, 2.05) is 60.7 Å². The highest BCUT2D eigenvalue weighted by Gasteiger charge is 2.05. The fraction of sp³-hybridized carbons (Fsp3) is 0. The average Bonchev–Trinajstić information content (AvgIpc) is 2.62. The molecular formula is C22H14O2. The molecule has 3 rings (SSSR count). The maximum absolute atomic E-state index is 9.97. The van der Waals surface area contributed by atoms with Crippen LogP contribution < -0.4 is 0 Å². The van der Waals surface area contributed by atoms with Crippen molar-refractivity contribution in [3.8, 4) is 35.2 Å². The van der Waals surface area contributed by atoms with Crippen LogP contribution in [0.5, 0.6) is 11.5 Å². The second-order valence-corrected chi connectivity index (χ2v) is 5.12. The Hall–Kier alpha value is -3.62. The lowest BCUT2D eigenvalue weighted by atomic mass is 10.1. The van der Waals surface area contributed by atoms with Crippen LogP contribution in [0.1, 0.15) is 22.3 Å². The van der Waals surface area contributed by atoms with Crippen molar-refractivity contribution in [2.75, 3.05) is 0 Å². The van der Waals surface area contributed by atoms with Gasteiger partial charge in [-0.3, -0.25) is 0 Å². The molecule has 0 aliphatic heterocycles. The van der Waals surface area contributed by atoms with Crippen molar-refractivity contribution in [2.24, 2.45) is 0 Å². The summed E-state index contributed by atoms with van der Waals surface area (Å²) < 4.78 is 0. The molecule has 3 aromatic rings. The SMILES string of the molecule is Oc1cc(O)c(C#Cc2ccccc2)cc1C#Cc1ccccc1. The number of rotatable bonds is 0. The molecule has 0 atom stereocenters. The number of hydrogen-bond donors (Lipinski definition) is 2. The van der Waals surface area contributed by atoms with Gasteiger partial charge in [-0.2, -0.15) is 0 Å². The maximum Gasteiger partial charge on any atom is 0.134 e. The van der Waals surface area contributed by atoms with Crippen LogP contribution >= 0.6 is 0 Å². The van der Waals surface area contributed by atoms with Gasteiger partial charge >= 0.3 is 0 Å². The molecule has 0 bridgehead atoms. The fourth-order valence-corrected chi connectivity index (χ4v) is 2.10. The highest BCUT2D eigenvalue weighted by molar-refractivity contribution is 5.59. The van der Waals surface area contributed by atoms with Gasteiger partial charge in [0, 0.05) is 17.2 Å². The first-order valence-electron chi connectivity index (χ1n) is 7.42. The summed E-state index contributed by atoms with van der Waals surface area (Å²) in [7, 11) is 0. The minimum atomic E-state index is -0.0683. The average molecular weight is 310 g/mol. The first-order valence-corrected chi connectivity index (χ1v) is 7.42. The Bertz CT molecular complexity index is 888. The van der Waals surface area contributed by atoms with Crippen LogP contribution in [0, 0.1) is 23.7 Å². The van der Waals surface area contributed by atoms with Crippen LogP contribution in [-0.2, 0) is 0 Å². The lowest BCUT2D eigenvalue weighted by Gasteiger charge is -2.01. The molecule has 2 nitrogen and oxygen atoms in total. The Morgan fingerprint density at radius 3 is 1.33 bits per heavy atom. The van der Waals surface area contributed by atoms with Gasteiger partial charge in [0.15, 0.2) is 0 Å². The number of benzene rings is 3. The van der Waals surface area contributed by atoms with Gasteiger partial charge in [-0.05, 0) is 30.3 Å². The van der Waals surface area contributed by atoms with E-state index in [4.69, 9.17) is 0 Å². The maximum atomic E-state index is 9.97. The van der Waals surface area contributed by atoms with Gasteiger partial charge in [0.05, 0.1) is 11.1 Å². The molecule has 114 valence electrons. The van der Waals surface area contributed by atoms with Crippen molar-refractivity contribution in [3.63, 3.8) is 0 Å². The molecule has 0 aliphatic carbocycles. The van der Waals surface area contributed by atoms with Crippen molar-refractivity contribution in [3.05, 3.63) is 95.1 Å². The molecule has 2 N–H and O–H groups in total. The highest BCUT2D eigenvalue weighted by atomic mass is 16.3. The minimum absolute atomic E-state index is 0.0683. The Balaban J connectivity index is 1.95. The molecule has 2 heteroatoms. The molecule has 0 saturated heterocycles. The largest absolute Gasteiger partial charge is 0.507 e. The van der Waals surface area contributed by atoms with E-state index >= 15 is 0 Å². The molecule has 24 heavy (non-hydrogen) atoms. The first-order chi connectivity index (χ1) is 11.7. The van der Waals surface area contributed by atoms with E-state index in [9.17, 15) is 10.2 Å². The molecule has 0 aromatic heterocycles. The number of phenols is 2. The van der Waals surface area contributed by atoms with Crippen molar-refractivity contribution < 1.29 is 10.2 Å². The molecule has 0 saturated carbocycles. The van der Waals surface area contributed by atoms with Crippen LogP contribution in [0.25, 0.3) is 0 Å². The zero-order chi connectivity index (χ0) is 16.8. The summed E-state index contributed by atoms with van der Waals surface area (Å²) in [5, 5.41) is 19.9. The number of hydrogen-bond acceptors (Lipinski definition) is 2. The normalized spacial score (nSPS) is 9.33. The van der Waals surface area contributed by atoms with E-state index in [1.54, 1.807) is 6.07 Å². The molecule has 0 radical (unpaired) electrons. The molecule has 3 aromatic carbocycles. The lowest BCUT2D eigenvalue weighted by molar-refractivity contribution is 0.448. The van der Waals surface area contributed by atoms with Gasteiger partial charge in [-0.15, -0.1) is 0 Å². The zero-order valence-electron chi connectivity index (χ0n) is 12.8. The summed E-state index contributed by atoms with van der Waals surface area (Å²) >= 11 is 0. The van der Waals surface area contributed by atoms with E-state index in [0.717, 1.165) is 11.1 Å². The third kappa shape index (κ3) is 3.77. The van der Waals surface area contributed by atoms with Crippen LogP contribution in [0.3, 0.4) is 0 Å². The predicted octanol–water partition coefficient (Wildman–Crippen LogP) is 3.90. The van der Waals surface area contributed by atoms with Crippen LogP contribution in [-0.4, -0.2) is 10.2 Å². The summed E-state index contributed by atoms with van der Waals surface area (Å²) in [4.78, 5) is 0. The van der Waals surface area contributed by atoms with Gasteiger partial charge in [0.2, 0.25) is 0 Å². The molecule has 0 spiro atoms. The van der Waals surface area contributed by atoms with Gasteiger partial charge in [-0.1, -0.05) is 60.1 Å². The van der Waals surface area contributed by atoms with E-state index in [-0.39, 0.29) is 11.5 Å². The topological polar surface area (TPSA) is 40.5 Å². The van der Waals surface area contributed by atoms with Gasteiger partial charge in [0.1, 0.15) is 11.5 Å². The quantitative estimate of drug-likeness (QED) is 0.618. The van der Waals surface area contributed by atoms with Crippen molar-refractivity contribution in [1.29, 1.82) is 0 Å². The van der Waals surface area contributed by atoms with Gasteiger partial charge in [0.25, 0.3) is 0 Å². The number of aromatic hydroxyl groups is 2.